The molecule has 8 heteroatoms. The van der Waals surface area contributed by atoms with Crippen molar-refractivity contribution in [3.8, 4) is 0 Å². The molecule has 0 bridgehead atoms. The first-order valence-electron chi connectivity index (χ1n) is 7.32. The summed E-state index contributed by atoms with van der Waals surface area (Å²) in [5, 5.41) is 17.2. The van der Waals surface area contributed by atoms with Gasteiger partial charge < -0.3 is 5.32 Å². The average molecular weight is 391 g/mol. The molecule has 0 saturated heterocycles. The van der Waals surface area contributed by atoms with Crippen molar-refractivity contribution in [2.75, 3.05) is 7.05 Å². The number of hydrogen-bond acceptors (Lipinski definition) is 3. The third-order valence-corrected chi connectivity index (χ3v) is 4.91. The van der Waals surface area contributed by atoms with E-state index < -0.39 is 0 Å². The first kappa shape index (κ1) is 20.4. The topological polar surface area (TPSA) is 55.8 Å². The van der Waals surface area contributed by atoms with Gasteiger partial charge in [0.15, 0.2) is 12.3 Å². The minimum Gasteiger partial charge on any atom is -0.677 e. The summed E-state index contributed by atoms with van der Waals surface area (Å²) >= 11 is 5.85. The van der Waals surface area contributed by atoms with Crippen molar-refractivity contribution < 1.29 is 55.3 Å². The zero-order valence-corrected chi connectivity index (χ0v) is 18.6. The van der Waals surface area contributed by atoms with E-state index in [9.17, 15) is 3.89 Å². The molecule has 0 aliphatic heterocycles. The molecular formula is C16H17ClFKN4S. The molecule has 0 atom stereocenters. The summed E-state index contributed by atoms with van der Waals surface area (Å²) in [6.07, 6.45) is 4.87. The monoisotopic (exact) mass is 390 g/mol. The van der Waals surface area contributed by atoms with Gasteiger partial charge in [-0.3, -0.25) is 5.41 Å². The summed E-state index contributed by atoms with van der Waals surface area (Å²) in [5.41, 5.74) is 2.72. The van der Waals surface area contributed by atoms with E-state index in [1.54, 1.807) is 7.05 Å². The number of nitrogens with one attached hydrogen (secondary N) is 1. The Kier molecular flexibility index (Phi) is 6.98. The van der Waals surface area contributed by atoms with E-state index in [2.05, 4.69) is 17.3 Å². The molecule has 2 aromatic rings. The predicted molar refractivity (Wildman–Crippen MR) is 94.9 cm³/mol. The molecule has 4 nitrogen and oxygen atoms in total. The van der Waals surface area contributed by atoms with Crippen LogP contribution in [-0.2, 0) is 6.42 Å². The van der Waals surface area contributed by atoms with Crippen molar-refractivity contribution in [2.24, 2.45) is 5.41 Å². The first-order chi connectivity index (χ1) is 11.0. The number of benzene rings is 1. The van der Waals surface area contributed by atoms with E-state index in [0.717, 1.165) is 15.9 Å². The minimum absolute atomic E-state index is 0. The third-order valence-electron chi connectivity index (χ3n) is 4.24. The largest absolute Gasteiger partial charge is 1.00 e. The van der Waals surface area contributed by atoms with Crippen LogP contribution >= 0.6 is 23.9 Å². The van der Waals surface area contributed by atoms with Gasteiger partial charge in [-0.15, -0.1) is 22.5 Å². The molecule has 1 aliphatic rings. The Labute approximate surface area is 192 Å². The predicted octanol–water partition coefficient (Wildman–Crippen LogP) is 2.22. The van der Waals surface area contributed by atoms with Crippen LogP contribution in [0.2, 0.25) is 0 Å². The van der Waals surface area contributed by atoms with Crippen LogP contribution in [0.15, 0.2) is 29.4 Å². The Hall–Kier alpha value is 0.106. The number of hydrogen-bond donors (Lipinski definition) is 1. The Bertz CT molecular complexity index is 801. The summed E-state index contributed by atoms with van der Waals surface area (Å²) in [6.45, 7) is 2.27. The molecule has 0 unspecified atom stereocenters. The van der Waals surface area contributed by atoms with E-state index in [0.29, 0.717) is 16.6 Å². The van der Waals surface area contributed by atoms with Gasteiger partial charge in [-0.1, -0.05) is 18.1 Å². The van der Waals surface area contributed by atoms with Crippen LogP contribution in [0.3, 0.4) is 0 Å². The van der Waals surface area contributed by atoms with Gasteiger partial charge >= 0.3 is 51.4 Å². The van der Waals surface area contributed by atoms with Crippen molar-refractivity contribution in [2.45, 2.75) is 26.2 Å². The SMILES string of the molecule is C[N-]/C(Cl)=C\C(=N)c1c2cc(CC3(C)CC3)ccc2nn1SF.[K+]. The number of rotatable bonds is 6. The zero-order chi connectivity index (χ0) is 16.6. The van der Waals surface area contributed by atoms with Crippen molar-refractivity contribution in [1.29, 1.82) is 5.41 Å². The van der Waals surface area contributed by atoms with Crippen molar-refractivity contribution >= 4 is 40.5 Å². The Morgan fingerprint density at radius 3 is 2.83 bits per heavy atom. The van der Waals surface area contributed by atoms with Crippen LogP contribution in [0.25, 0.3) is 16.2 Å². The van der Waals surface area contributed by atoms with E-state index in [1.165, 1.54) is 24.5 Å². The van der Waals surface area contributed by atoms with Crippen molar-refractivity contribution in [3.63, 3.8) is 0 Å². The molecule has 122 valence electrons. The number of nitrogens with zero attached hydrogens (tertiary/aromatic N) is 3. The molecule has 1 saturated carbocycles. The number of aromatic nitrogens is 2. The second-order valence-corrected chi connectivity index (χ2v) is 7.10. The molecule has 1 aromatic heterocycles. The quantitative estimate of drug-likeness (QED) is 0.467. The molecule has 0 amide bonds. The van der Waals surface area contributed by atoms with Crippen LogP contribution in [0.4, 0.5) is 3.89 Å². The molecule has 1 aromatic carbocycles. The van der Waals surface area contributed by atoms with Crippen LogP contribution in [0, 0.1) is 10.8 Å². The van der Waals surface area contributed by atoms with Gasteiger partial charge in [0.05, 0.1) is 11.2 Å². The van der Waals surface area contributed by atoms with E-state index in [-0.39, 0.29) is 74.6 Å². The van der Waals surface area contributed by atoms with Crippen molar-refractivity contribution in [1.82, 2.24) is 9.19 Å². The Balaban J connectivity index is 0.00000208. The molecule has 24 heavy (non-hydrogen) atoms. The van der Waals surface area contributed by atoms with Gasteiger partial charge in [-0.2, -0.15) is 9.19 Å². The molecule has 1 N–H and O–H groups in total. The standard InChI is InChI=1S/C16H17ClFN4S.K/c1-16(5-6-16)9-10-3-4-13-11(7-10)15(22(21-13)23-18)12(19)8-14(17)20-2;/h3-4,7-8,19H,5-6,9H2,1-2H3;/q-1;+1/b14-8-,19-12?;. The maximum absolute atomic E-state index is 13.2. The van der Waals surface area contributed by atoms with Gasteiger partial charge in [0, 0.05) is 5.39 Å². The molecule has 1 heterocycles. The Morgan fingerprint density at radius 1 is 1.54 bits per heavy atom. The summed E-state index contributed by atoms with van der Waals surface area (Å²) in [4.78, 5) is 0. The van der Waals surface area contributed by atoms with Gasteiger partial charge in [0.2, 0.25) is 0 Å². The fraction of sp³-hybridized carbons (Fsp3) is 0.375. The van der Waals surface area contributed by atoms with E-state index in [4.69, 9.17) is 17.0 Å². The van der Waals surface area contributed by atoms with Crippen LogP contribution < -0.4 is 51.4 Å². The van der Waals surface area contributed by atoms with Crippen LogP contribution in [0.1, 0.15) is 31.0 Å². The third kappa shape index (κ3) is 4.44. The van der Waals surface area contributed by atoms with Gasteiger partial charge in [-0.05, 0) is 48.4 Å². The first-order valence-corrected chi connectivity index (χ1v) is 8.38. The summed E-state index contributed by atoms with van der Waals surface area (Å²) in [7, 11) is 1.54. The molecular weight excluding hydrogens is 374 g/mol. The second-order valence-electron chi connectivity index (χ2n) is 6.23. The molecule has 0 spiro atoms. The van der Waals surface area contributed by atoms with Crippen LogP contribution in [-0.4, -0.2) is 21.9 Å². The van der Waals surface area contributed by atoms with E-state index in [1.807, 2.05) is 18.2 Å². The molecule has 1 aliphatic carbocycles. The summed E-state index contributed by atoms with van der Waals surface area (Å²) in [5.74, 6) is 0. The molecule has 3 rings (SSSR count). The minimum atomic E-state index is -0.0227. The molecule has 1 fully saturated rings. The van der Waals surface area contributed by atoms with Gasteiger partial charge in [0.1, 0.15) is 5.69 Å². The smallest absolute Gasteiger partial charge is 0.677 e. The maximum atomic E-state index is 13.2. The second kappa shape index (κ2) is 8.20. The molecule has 0 radical (unpaired) electrons. The van der Waals surface area contributed by atoms with Gasteiger partial charge in [0.25, 0.3) is 0 Å². The summed E-state index contributed by atoms with van der Waals surface area (Å²) in [6, 6.07) is 5.92. The Morgan fingerprint density at radius 2 is 2.25 bits per heavy atom. The maximum Gasteiger partial charge on any atom is 1.00 e. The van der Waals surface area contributed by atoms with Crippen LogP contribution in [0.5, 0.6) is 0 Å². The number of allylic oxidation sites excluding steroid dienone is 1. The number of fused-ring (bicyclic) bond motifs is 1. The van der Waals surface area contributed by atoms with E-state index >= 15 is 0 Å². The average Bonchev–Trinajstić information content (AvgIpc) is 3.12. The van der Waals surface area contributed by atoms with Gasteiger partial charge in [-0.25, -0.2) is 0 Å². The number of halogens is 2. The summed E-state index contributed by atoms with van der Waals surface area (Å²) < 4.78 is 14.3. The fourth-order valence-corrected chi connectivity index (χ4v) is 3.15. The van der Waals surface area contributed by atoms with Crippen molar-refractivity contribution in [3.05, 3.63) is 46.0 Å². The normalized spacial score (nSPS) is 15.9. The zero-order valence-electron chi connectivity index (χ0n) is 13.9. The fourth-order valence-electron chi connectivity index (χ4n) is 2.65.